The van der Waals surface area contributed by atoms with Crippen molar-refractivity contribution in [2.45, 2.75) is 13.0 Å². The fourth-order valence-electron chi connectivity index (χ4n) is 2.64. The van der Waals surface area contributed by atoms with Gasteiger partial charge in [-0.3, -0.25) is 4.79 Å². The summed E-state index contributed by atoms with van der Waals surface area (Å²) < 4.78 is 8.71. The lowest BCUT2D eigenvalue weighted by Crippen LogP contribution is -2.43. The van der Waals surface area contributed by atoms with Crippen LogP contribution in [-0.2, 0) is 9.53 Å². The molecule has 1 fully saturated rings. The van der Waals surface area contributed by atoms with Gasteiger partial charge < -0.3 is 19.2 Å². The Hall–Kier alpha value is -1.18. The first-order valence-electron chi connectivity index (χ1n) is 6.84. The van der Waals surface area contributed by atoms with Crippen LogP contribution in [-0.4, -0.2) is 46.7 Å². The Morgan fingerprint density at radius 1 is 1.43 bits per heavy atom. The minimum Gasteiger partial charge on any atom is -0.378 e. The number of halogens is 1. The fourth-order valence-corrected chi connectivity index (χ4v) is 3.35. The molecule has 1 atom stereocenters. The van der Waals surface area contributed by atoms with Crippen molar-refractivity contribution in [2.24, 2.45) is 0 Å². The van der Waals surface area contributed by atoms with Crippen LogP contribution in [0.2, 0.25) is 0 Å². The van der Waals surface area contributed by atoms with E-state index in [1.807, 2.05) is 34.6 Å². The van der Waals surface area contributed by atoms with E-state index in [0.29, 0.717) is 31.1 Å². The summed E-state index contributed by atoms with van der Waals surface area (Å²) >= 11 is 8.86. The van der Waals surface area contributed by atoms with E-state index in [1.165, 1.54) is 0 Å². The molecule has 1 amide bonds. The first kappa shape index (κ1) is 14.7. The van der Waals surface area contributed by atoms with Gasteiger partial charge in [0, 0.05) is 17.6 Å². The molecule has 0 radical (unpaired) electrons. The molecule has 1 unspecified atom stereocenters. The number of imidazole rings is 1. The van der Waals surface area contributed by atoms with Crippen molar-refractivity contribution >= 4 is 45.1 Å². The highest BCUT2D eigenvalue weighted by Gasteiger charge is 2.25. The van der Waals surface area contributed by atoms with E-state index in [-0.39, 0.29) is 11.9 Å². The Morgan fingerprint density at radius 2 is 2.14 bits per heavy atom. The van der Waals surface area contributed by atoms with Crippen LogP contribution in [0, 0.1) is 4.77 Å². The highest BCUT2D eigenvalue weighted by molar-refractivity contribution is 9.10. The summed E-state index contributed by atoms with van der Waals surface area (Å²) in [5.41, 5.74) is 1.87. The van der Waals surface area contributed by atoms with Gasteiger partial charge in [0.05, 0.1) is 24.2 Å². The molecule has 2 aromatic rings. The van der Waals surface area contributed by atoms with Crippen molar-refractivity contribution in [1.82, 2.24) is 14.5 Å². The summed E-state index contributed by atoms with van der Waals surface area (Å²) in [6.45, 7) is 4.37. The Kier molecular flexibility index (Phi) is 4.14. The number of nitrogens with one attached hydrogen (secondary N) is 1. The predicted molar refractivity (Wildman–Crippen MR) is 86.9 cm³/mol. The van der Waals surface area contributed by atoms with Gasteiger partial charge in [0.1, 0.15) is 6.04 Å². The van der Waals surface area contributed by atoms with Gasteiger partial charge in [-0.15, -0.1) is 0 Å². The molecule has 5 nitrogen and oxygen atoms in total. The number of aromatic nitrogens is 2. The number of hydrogen-bond acceptors (Lipinski definition) is 3. The molecule has 1 aromatic heterocycles. The van der Waals surface area contributed by atoms with Crippen LogP contribution in [0.3, 0.4) is 0 Å². The van der Waals surface area contributed by atoms with Crippen molar-refractivity contribution in [3.8, 4) is 0 Å². The average molecular weight is 370 g/mol. The number of nitrogens with zero attached hydrogens (tertiary/aromatic N) is 2. The number of amides is 1. The Labute approximate surface area is 136 Å². The standard InChI is InChI=1S/C14H16BrN3O2S/c1-9(13(19)17-4-6-20-7-5-17)18-12-8-10(15)2-3-11(12)16-14(18)21/h2-3,8-9H,4-7H2,1H3,(H,16,21). The summed E-state index contributed by atoms with van der Waals surface area (Å²) in [5.74, 6) is 0.0790. The smallest absolute Gasteiger partial charge is 0.245 e. The summed E-state index contributed by atoms with van der Waals surface area (Å²) in [5, 5.41) is 0. The van der Waals surface area contributed by atoms with Crippen LogP contribution in [0.1, 0.15) is 13.0 Å². The van der Waals surface area contributed by atoms with Crippen LogP contribution < -0.4 is 0 Å². The fraction of sp³-hybridized carbons (Fsp3) is 0.429. The normalized spacial score (nSPS) is 17.1. The average Bonchev–Trinajstić information content (AvgIpc) is 2.82. The van der Waals surface area contributed by atoms with Gasteiger partial charge in [-0.1, -0.05) is 15.9 Å². The second-order valence-corrected chi connectivity index (χ2v) is 6.38. The highest BCUT2D eigenvalue weighted by atomic mass is 79.9. The van der Waals surface area contributed by atoms with E-state index in [0.717, 1.165) is 15.5 Å². The third-order valence-corrected chi connectivity index (χ3v) is 4.54. The first-order chi connectivity index (χ1) is 10.1. The van der Waals surface area contributed by atoms with Crippen LogP contribution in [0.15, 0.2) is 22.7 Å². The summed E-state index contributed by atoms with van der Waals surface area (Å²) in [6.07, 6.45) is 0. The molecule has 0 bridgehead atoms. The molecule has 3 rings (SSSR count). The number of fused-ring (bicyclic) bond motifs is 1. The molecule has 7 heteroatoms. The molecular formula is C14H16BrN3O2S. The van der Waals surface area contributed by atoms with E-state index in [9.17, 15) is 4.79 Å². The van der Waals surface area contributed by atoms with Crippen LogP contribution in [0.25, 0.3) is 11.0 Å². The molecule has 1 saturated heterocycles. The molecule has 1 N–H and O–H groups in total. The SMILES string of the molecule is CC(C(=O)N1CCOCC1)n1c(=S)[nH]c2ccc(Br)cc21. The van der Waals surface area contributed by atoms with Gasteiger partial charge in [0.15, 0.2) is 4.77 Å². The van der Waals surface area contributed by atoms with E-state index in [2.05, 4.69) is 20.9 Å². The van der Waals surface area contributed by atoms with Gasteiger partial charge >= 0.3 is 0 Å². The van der Waals surface area contributed by atoms with Crippen LogP contribution in [0.5, 0.6) is 0 Å². The van der Waals surface area contributed by atoms with E-state index < -0.39 is 0 Å². The second-order valence-electron chi connectivity index (χ2n) is 5.08. The lowest BCUT2D eigenvalue weighted by Gasteiger charge is -2.29. The summed E-state index contributed by atoms with van der Waals surface area (Å²) in [7, 11) is 0. The van der Waals surface area contributed by atoms with Gasteiger partial charge in [-0.2, -0.15) is 0 Å². The van der Waals surface area contributed by atoms with E-state index in [4.69, 9.17) is 17.0 Å². The summed E-state index contributed by atoms with van der Waals surface area (Å²) in [6, 6.07) is 5.55. The topological polar surface area (TPSA) is 50.3 Å². The number of benzene rings is 1. The largest absolute Gasteiger partial charge is 0.378 e. The number of aromatic amines is 1. The molecule has 1 aliphatic heterocycles. The number of carbonyl (C=O) groups is 1. The molecule has 2 heterocycles. The van der Waals surface area contributed by atoms with Crippen molar-refractivity contribution < 1.29 is 9.53 Å². The van der Waals surface area contributed by atoms with Crippen molar-refractivity contribution in [2.75, 3.05) is 26.3 Å². The zero-order valence-corrected chi connectivity index (χ0v) is 14.0. The lowest BCUT2D eigenvalue weighted by atomic mass is 10.2. The Bertz CT molecular complexity index is 733. The van der Waals surface area contributed by atoms with E-state index >= 15 is 0 Å². The molecule has 0 spiro atoms. The van der Waals surface area contributed by atoms with Gasteiger partial charge in [0.25, 0.3) is 0 Å². The van der Waals surface area contributed by atoms with Crippen LogP contribution >= 0.6 is 28.1 Å². The quantitative estimate of drug-likeness (QED) is 0.828. The molecule has 0 aliphatic carbocycles. The van der Waals surface area contributed by atoms with Gasteiger partial charge in [-0.25, -0.2) is 0 Å². The molecular weight excluding hydrogens is 354 g/mol. The van der Waals surface area contributed by atoms with Gasteiger partial charge in [0.2, 0.25) is 5.91 Å². The zero-order valence-electron chi connectivity index (χ0n) is 11.6. The number of carbonyl (C=O) groups excluding carboxylic acids is 1. The Balaban J connectivity index is 1.98. The maximum atomic E-state index is 12.7. The first-order valence-corrected chi connectivity index (χ1v) is 8.04. The van der Waals surface area contributed by atoms with E-state index in [1.54, 1.807) is 0 Å². The minimum absolute atomic E-state index is 0.0790. The third-order valence-electron chi connectivity index (χ3n) is 3.75. The monoisotopic (exact) mass is 369 g/mol. The van der Waals surface area contributed by atoms with Crippen molar-refractivity contribution in [1.29, 1.82) is 0 Å². The van der Waals surface area contributed by atoms with Gasteiger partial charge in [-0.05, 0) is 37.3 Å². The number of rotatable bonds is 2. The number of ether oxygens (including phenoxy) is 1. The third kappa shape index (κ3) is 2.77. The zero-order chi connectivity index (χ0) is 15.0. The lowest BCUT2D eigenvalue weighted by molar-refractivity contribution is -0.138. The maximum absolute atomic E-state index is 12.7. The second kappa shape index (κ2) is 5.90. The predicted octanol–water partition coefficient (Wildman–Crippen LogP) is 2.88. The molecule has 0 saturated carbocycles. The van der Waals surface area contributed by atoms with Crippen LogP contribution in [0.4, 0.5) is 0 Å². The maximum Gasteiger partial charge on any atom is 0.245 e. The highest BCUT2D eigenvalue weighted by Crippen LogP contribution is 2.24. The van der Waals surface area contributed by atoms with Crippen molar-refractivity contribution in [3.63, 3.8) is 0 Å². The summed E-state index contributed by atoms with van der Waals surface area (Å²) in [4.78, 5) is 17.6. The molecule has 1 aliphatic rings. The minimum atomic E-state index is -0.335. The number of morpholine rings is 1. The Morgan fingerprint density at radius 3 is 2.86 bits per heavy atom. The molecule has 112 valence electrons. The number of H-pyrrole nitrogens is 1. The molecule has 21 heavy (non-hydrogen) atoms. The van der Waals surface area contributed by atoms with Crippen molar-refractivity contribution in [3.05, 3.63) is 27.4 Å². The number of hydrogen-bond donors (Lipinski definition) is 1. The molecule has 1 aromatic carbocycles.